The van der Waals surface area contributed by atoms with E-state index in [1.807, 2.05) is 12.1 Å². The molecule has 92 valence electrons. The standard InChI is InChI=1S/C13H12N2O2S/c14-11-7-15-5-4-12(11)18-8-9-2-1-3-10(6-9)13(16)17/h1-7H,8,14H2,(H,16,17). The van der Waals surface area contributed by atoms with E-state index in [4.69, 9.17) is 10.8 Å². The molecule has 0 amide bonds. The van der Waals surface area contributed by atoms with E-state index in [9.17, 15) is 4.79 Å². The van der Waals surface area contributed by atoms with Crippen LogP contribution in [0.25, 0.3) is 0 Å². The van der Waals surface area contributed by atoms with E-state index in [0.717, 1.165) is 10.5 Å². The minimum atomic E-state index is -0.912. The molecule has 0 saturated carbocycles. The van der Waals surface area contributed by atoms with Crippen molar-refractivity contribution in [2.45, 2.75) is 10.6 Å². The van der Waals surface area contributed by atoms with E-state index < -0.39 is 5.97 Å². The number of nitrogens with zero attached hydrogens (tertiary/aromatic N) is 1. The zero-order valence-corrected chi connectivity index (χ0v) is 10.4. The Labute approximate surface area is 109 Å². The minimum Gasteiger partial charge on any atom is -0.478 e. The molecular weight excluding hydrogens is 248 g/mol. The molecule has 18 heavy (non-hydrogen) atoms. The van der Waals surface area contributed by atoms with Crippen LogP contribution in [0, 0.1) is 0 Å². The third-order valence-electron chi connectivity index (χ3n) is 2.38. The van der Waals surface area contributed by atoms with Gasteiger partial charge in [0.05, 0.1) is 17.4 Å². The number of carbonyl (C=O) groups is 1. The number of nitrogen functional groups attached to an aromatic ring is 1. The lowest BCUT2D eigenvalue weighted by Crippen LogP contribution is -1.96. The summed E-state index contributed by atoms with van der Waals surface area (Å²) in [5, 5.41) is 8.90. The zero-order valence-electron chi connectivity index (χ0n) is 9.54. The van der Waals surface area contributed by atoms with Crippen LogP contribution < -0.4 is 5.73 Å². The maximum atomic E-state index is 10.8. The summed E-state index contributed by atoms with van der Waals surface area (Å²) in [4.78, 5) is 15.7. The summed E-state index contributed by atoms with van der Waals surface area (Å²) in [5.41, 5.74) is 7.68. The van der Waals surface area contributed by atoms with Crippen LogP contribution >= 0.6 is 11.8 Å². The van der Waals surface area contributed by atoms with Gasteiger partial charge in [0, 0.05) is 16.8 Å². The molecular formula is C13H12N2O2S. The van der Waals surface area contributed by atoms with E-state index in [0.29, 0.717) is 17.0 Å². The van der Waals surface area contributed by atoms with Crippen molar-refractivity contribution in [1.82, 2.24) is 4.98 Å². The fraction of sp³-hybridized carbons (Fsp3) is 0.0769. The number of hydrogen-bond acceptors (Lipinski definition) is 4. The number of thioether (sulfide) groups is 1. The topological polar surface area (TPSA) is 76.2 Å². The lowest BCUT2D eigenvalue weighted by Gasteiger charge is -2.05. The second-order valence-electron chi connectivity index (χ2n) is 3.71. The van der Waals surface area contributed by atoms with E-state index in [1.54, 1.807) is 42.4 Å². The van der Waals surface area contributed by atoms with Crippen LogP contribution in [0.3, 0.4) is 0 Å². The van der Waals surface area contributed by atoms with Gasteiger partial charge in [-0.2, -0.15) is 0 Å². The third-order valence-corrected chi connectivity index (χ3v) is 3.54. The predicted molar refractivity (Wildman–Crippen MR) is 71.6 cm³/mol. The number of carboxylic acid groups (broad SMARTS) is 1. The number of aromatic nitrogens is 1. The number of nitrogens with two attached hydrogens (primary N) is 1. The van der Waals surface area contributed by atoms with Gasteiger partial charge in [0.2, 0.25) is 0 Å². The van der Waals surface area contributed by atoms with Gasteiger partial charge in [0.15, 0.2) is 0 Å². The summed E-state index contributed by atoms with van der Waals surface area (Å²) >= 11 is 1.56. The predicted octanol–water partition coefficient (Wildman–Crippen LogP) is 2.65. The van der Waals surface area contributed by atoms with Gasteiger partial charge in [-0.3, -0.25) is 4.98 Å². The van der Waals surface area contributed by atoms with Gasteiger partial charge in [-0.15, -0.1) is 11.8 Å². The molecule has 0 aliphatic carbocycles. The first kappa shape index (κ1) is 12.4. The first-order chi connectivity index (χ1) is 8.66. The molecule has 2 aromatic rings. The Bertz CT molecular complexity index is 572. The van der Waals surface area contributed by atoms with Crippen molar-refractivity contribution in [2.24, 2.45) is 0 Å². The average Bonchev–Trinajstić information content (AvgIpc) is 2.38. The molecule has 0 fully saturated rings. The van der Waals surface area contributed by atoms with Gasteiger partial charge in [-0.05, 0) is 23.8 Å². The Kier molecular flexibility index (Phi) is 3.84. The van der Waals surface area contributed by atoms with Crippen molar-refractivity contribution in [3.8, 4) is 0 Å². The van der Waals surface area contributed by atoms with Crippen molar-refractivity contribution in [3.63, 3.8) is 0 Å². The Morgan fingerprint density at radius 3 is 2.94 bits per heavy atom. The van der Waals surface area contributed by atoms with Crippen molar-refractivity contribution in [1.29, 1.82) is 0 Å². The molecule has 0 unspecified atom stereocenters. The van der Waals surface area contributed by atoms with Crippen LogP contribution in [-0.2, 0) is 5.75 Å². The second-order valence-corrected chi connectivity index (χ2v) is 4.72. The molecule has 0 aliphatic rings. The minimum absolute atomic E-state index is 0.302. The number of benzene rings is 1. The summed E-state index contributed by atoms with van der Waals surface area (Å²) < 4.78 is 0. The molecule has 0 aliphatic heterocycles. The number of pyridine rings is 1. The Balaban J connectivity index is 2.09. The molecule has 1 aromatic heterocycles. The fourth-order valence-corrected chi connectivity index (χ4v) is 2.36. The van der Waals surface area contributed by atoms with Crippen molar-refractivity contribution in [3.05, 3.63) is 53.9 Å². The quantitative estimate of drug-likeness (QED) is 0.826. The van der Waals surface area contributed by atoms with E-state index in [1.165, 1.54) is 0 Å². The van der Waals surface area contributed by atoms with Gasteiger partial charge < -0.3 is 10.8 Å². The van der Waals surface area contributed by atoms with E-state index >= 15 is 0 Å². The SMILES string of the molecule is Nc1cnccc1SCc1cccc(C(=O)O)c1. The summed E-state index contributed by atoms with van der Waals surface area (Å²) in [5.74, 6) is -0.236. The molecule has 4 nitrogen and oxygen atoms in total. The molecule has 3 N–H and O–H groups in total. The van der Waals surface area contributed by atoms with Crippen LogP contribution in [0.2, 0.25) is 0 Å². The molecule has 0 bridgehead atoms. The van der Waals surface area contributed by atoms with Crippen LogP contribution in [0.15, 0.2) is 47.6 Å². The first-order valence-corrected chi connectivity index (χ1v) is 6.30. The Morgan fingerprint density at radius 2 is 2.22 bits per heavy atom. The highest BCUT2D eigenvalue weighted by Crippen LogP contribution is 2.27. The molecule has 5 heteroatoms. The Hall–Kier alpha value is -2.01. The number of carboxylic acids is 1. The van der Waals surface area contributed by atoms with Crippen LogP contribution in [0.5, 0.6) is 0 Å². The van der Waals surface area contributed by atoms with Gasteiger partial charge >= 0.3 is 5.97 Å². The lowest BCUT2D eigenvalue weighted by molar-refractivity contribution is 0.0697. The van der Waals surface area contributed by atoms with Crippen LogP contribution in [0.4, 0.5) is 5.69 Å². The zero-order chi connectivity index (χ0) is 13.0. The summed E-state index contributed by atoms with van der Waals surface area (Å²) in [6, 6.07) is 8.75. The number of rotatable bonds is 4. The Morgan fingerprint density at radius 1 is 1.39 bits per heavy atom. The first-order valence-electron chi connectivity index (χ1n) is 5.31. The molecule has 0 atom stereocenters. The van der Waals surface area contributed by atoms with Gasteiger partial charge in [-0.1, -0.05) is 12.1 Å². The van der Waals surface area contributed by atoms with Crippen molar-refractivity contribution < 1.29 is 9.90 Å². The largest absolute Gasteiger partial charge is 0.478 e. The maximum Gasteiger partial charge on any atom is 0.335 e. The van der Waals surface area contributed by atoms with Crippen LogP contribution in [-0.4, -0.2) is 16.1 Å². The lowest BCUT2D eigenvalue weighted by atomic mass is 10.1. The maximum absolute atomic E-state index is 10.8. The average molecular weight is 260 g/mol. The highest BCUT2D eigenvalue weighted by Gasteiger charge is 2.04. The molecule has 2 rings (SSSR count). The van der Waals surface area contributed by atoms with E-state index in [-0.39, 0.29) is 0 Å². The molecule has 1 aromatic carbocycles. The molecule has 0 spiro atoms. The number of anilines is 1. The monoisotopic (exact) mass is 260 g/mol. The highest BCUT2D eigenvalue weighted by atomic mass is 32.2. The molecule has 0 saturated heterocycles. The van der Waals surface area contributed by atoms with Crippen molar-refractivity contribution >= 4 is 23.4 Å². The highest BCUT2D eigenvalue weighted by molar-refractivity contribution is 7.98. The smallest absolute Gasteiger partial charge is 0.335 e. The summed E-state index contributed by atoms with van der Waals surface area (Å²) in [6.07, 6.45) is 3.29. The normalized spacial score (nSPS) is 10.2. The molecule has 0 radical (unpaired) electrons. The fourth-order valence-electron chi connectivity index (χ4n) is 1.48. The number of aromatic carboxylic acids is 1. The summed E-state index contributed by atoms with van der Waals surface area (Å²) in [7, 11) is 0. The van der Waals surface area contributed by atoms with Crippen LogP contribution in [0.1, 0.15) is 15.9 Å². The number of hydrogen-bond donors (Lipinski definition) is 2. The summed E-state index contributed by atoms with van der Waals surface area (Å²) in [6.45, 7) is 0. The molecule has 1 heterocycles. The van der Waals surface area contributed by atoms with Gasteiger partial charge in [0.25, 0.3) is 0 Å². The van der Waals surface area contributed by atoms with Crippen molar-refractivity contribution in [2.75, 3.05) is 5.73 Å². The van der Waals surface area contributed by atoms with Gasteiger partial charge in [-0.25, -0.2) is 4.79 Å². The second kappa shape index (κ2) is 5.55. The van der Waals surface area contributed by atoms with Gasteiger partial charge in [0.1, 0.15) is 0 Å². The van der Waals surface area contributed by atoms with E-state index in [2.05, 4.69) is 4.98 Å². The third kappa shape index (κ3) is 3.01.